The van der Waals surface area contributed by atoms with Crippen molar-refractivity contribution in [2.45, 2.75) is 24.9 Å². The minimum Gasteiger partial charge on any atom is -0.367 e. The summed E-state index contributed by atoms with van der Waals surface area (Å²) in [6.07, 6.45) is 6.35. The molecule has 1 aliphatic rings. The van der Waals surface area contributed by atoms with Crippen LogP contribution in [0.5, 0.6) is 0 Å². The van der Waals surface area contributed by atoms with E-state index < -0.39 is 0 Å². The molecule has 0 radical (unpaired) electrons. The summed E-state index contributed by atoms with van der Waals surface area (Å²) in [5.41, 5.74) is 7.27. The normalized spacial score (nSPS) is 25.9. The van der Waals surface area contributed by atoms with Gasteiger partial charge in [0.15, 0.2) is 0 Å². The van der Waals surface area contributed by atoms with Crippen LogP contribution in [0, 0.1) is 0 Å². The Morgan fingerprint density at radius 1 is 1.58 bits per heavy atom. The minimum atomic E-state index is 0.152. The van der Waals surface area contributed by atoms with E-state index in [1.165, 1.54) is 18.4 Å². The number of nitrogens with two attached hydrogens (primary N) is 1. The number of hydrogen-bond donors (Lipinski definition) is 3. The Balaban J connectivity index is 2.04. The van der Waals surface area contributed by atoms with Crippen LogP contribution >= 0.6 is 0 Å². The van der Waals surface area contributed by atoms with Gasteiger partial charge in [-0.05, 0) is 31.0 Å². The van der Waals surface area contributed by atoms with Gasteiger partial charge in [-0.1, -0.05) is 0 Å². The molecule has 2 atom stereocenters. The molecule has 1 aromatic rings. The lowest BCUT2D eigenvalue weighted by Crippen LogP contribution is -2.33. The number of hydrogen-bond acceptors (Lipinski definition) is 2. The van der Waals surface area contributed by atoms with Gasteiger partial charge in [0.1, 0.15) is 0 Å². The van der Waals surface area contributed by atoms with Crippen LogP contribution in [0.2, 0.25) is 0 Å². The van der Waals surface area contributed by atoms with Gasteiger partial charge in [0.05, 0.1) is 0 Å². The van der Waals surface area contributed by atoms with E-state index in [4.69, 9.17) is 5.73 Å². The van der Waals surface area contributed by atoms with Gasteiger partial charge in [-0.2, -0.15) is 0 Å². The quantitative estimate of drug-likeness (QED) is 0.606. The molecule has 2 heterocycles. The highest BCUT2D eigenvalue weighted by Gasteiger charge is 2.22. The smallest absolute Gasteiger partial charge is 0.0465 e. The van der Waals surface area contributed by atoms with Crippen LogP contribution in [0.3, 0.4) is 0 Å². The van der Waals surface area contributed by atoms with Crippen molar-refractivity contribution in [1.82, 2.24) is 10.3 Å². The number of nitrogens with one attached hydrogen (secondary N) is 2. The highest BCUT2D eigenvalue weighted by atomic mass is 15.0. The first-order chi connectivity index (χ1) is 5.88. The van der Waals surface area contributed by atoms with Crippen molar-refractivity contribution in [3.63, 3.8) is 0 Å². The van der Waals surface area contributed by atoms with E-state index in [1.54, 1.807) is 0 Å². The van der Waals surface area contributed by atoms with Gasteiger partial charge in [-0.3, -0.25) is 0 Å². The first kappa shape index (κ1) is 7.83. The zero-order chi connectivity index (χ0) is 8.39. The van der Waals surface area contributed by atoms with Crippen molar-refractivity contribution in [2.24, 2.45) is 5.73 Å². The monoisotopic (exact) mass is 165 g/mol. The Labute approximate surface area is 72.3 Å². The summed E-state index contributed by atoms with van der Waals surface area (Å²) in [7, 11) is 0. The van der Waals surface area contributed by atoms with Gasteiger partial charge in [0, 0.05) is 24.5 Å². The molecule has 4 N–H and O–H groups in total. The second-order valence-electron chi connectivity index (χ2n) is 3.37. The highest BCUT2D eigenvalue weighted by Crippen LogP contribution is 2.19. The Hall–Kier alpha value is -0.800. The zero-order valence-electron chi connectivity index (χ0n) is 7.09. The van der Waals surface area contributed by atoms with E-state index in [1.807, 2.05) is 18.5 Å². The molecule has 0 aliphatic carbocycles. The van der Waals surface area contributed by atoms with Gasteiger partial charge in [-0.25, -0.2) is 0 Å². The van der Waals surface area contributed by atoms with Crippen LogP contribution in [-0.4, -0.2) is 17.6 Å². The fraction of sp³-hybridized carbons (Fsp3) is 0.556. The molecule has 0 spiro atoms. The molecular formula is C9H15N3. The maximum absolute atomic E-state index is 6.06. The summed E-state index contributed by atoms with van der Waals surface area (Å²) in [6, 6.07) is 2.67. The van der Waals surface area contributed by atoms with Crippen molar-refractivity contribution < 1.29 is 0 Å². The second kappa shape index (κ2) is 3.29. The van der Waals surface area contributed by atoms with Gasteiger partial charge in [0.25, 0.3) is 0 Å². The third-order valence-electron chi connectivity index (χ3n) is 2.54. The molecular weight excluding hydrogens is 150 g/mol. The Bertz CT molecular complexity index is 224. The topological polar surface area (TPSA) is 53.8 Å². The molecule has 0 bridgehead atoms. The van der Waals surface area contributed by atoms with Gasteiger partial charge in [-0.15, -0.1) is 0 Å². The largest absolute Gasteiger partial charge is 0.367 e. The Kier molecular flexibility index (Phi) is 2.15. The van der Waals surface area contributed by atoms with Crippen LogP contribution in [-0.2, 0) is 0 Å². The third-order valence-corrected chi connectivity index (χ3v) is 2.54. The van der Waals surface area contributed by atoms with E-state index in [-0.39, 0.29) is 6.04 Å². The lowest BCUT2D eigenvalue weighted by atomic mass is 10.0. The molecule has 0 aromatic carbocycles. The van der Waals surface area contributed by atoms with Crippen molar-refractivity contribution >= 4 is 0 Å². The number of H-pyrrole nitrogens is 1. The van der Waals surface area contributed by atoms with E-state index in [0.29, 0.717) is 6.04 Å². The summed E-state index contributed by atoms with van der Waals surface area (Å²) in [4.78, 5) is 3.03. The standard InChI is InChI=1S/C9H15N3/c10-9(7-3-5-11-6-7)8-2-1-4-12-8/h3,5-6,8-9,11-12H,1-2,4,10H2. The predicted octanol–water partition coefficient (Wildman–Crippen LogP) is 0.766. The van der Waals surface area contributed by atoms with Crippen LogP contribution in [0.1, 0.15) is 24.4 Å². The molecule has 12 heavy (non-hydrogen) atoms. The molecule has 3 nitrogen and oxygen atoms in total. The van der Waals surface area contributed by atoms with E-state index >= 15 is 0 Å². The average molecular weight is 165 g/mol. The Morgan fingerprint density at radius 3 is 3.08 bits per heavy atom. The van der Waals surface area contributed by atoms with Crippen molar-refractivity contribution in [1.29, 1.82) is 0 Å². The molecule has 1 aromatic heterocycles. The highest BCUT2D eigenvalue weighted by molar-refractivity contribution is 5.16. The average Bonchev–Trinajstić information content (AvgIpc) is 2.77. The minimum absolute atomic E-state index is 0.152. The lowest BCUT2D eigenvalue weighted by molar-refractivity contribution is 0.501. The maximum Gasteiger partial charge on any atom is 0.0465 e. The van der Waals surface area contributed by atoms with Crippen LogP contribution < -0.4 is 11.1 Å². The fourth-order valence-electron chi connectivity index (χ4n) is 1.79. The van der Waals surface area contributed by atoms with Crippen molar-refractivity contribution in [3.8, 4) is 0 Å². The number of aromatic nitrogens is 1. The molecule has 2 rings (SSSR count). The summed E-state index contributed by atoms with van der Waals surface area (Å²) >= 11 is 0. The molecule has 2 unspecified atom stereocenters. The van der Waals surface area contributed by atoms with Crippen LogP contribution in [0.25, 0.3) is 0 Å². The van der Waals surface area contributed by atoms with Crippen molar-refractivity contribution in [3.05, 3.63) is 24.0 Å². The molecule has 66 valence electrons. The molecule has 1 aliphatic heterocycles. The second-order valence-corrected chi connectivity index (χ2v) is 3.37. The van der Waals surface area contributed by atoms with Gasteiger partial charge >= 0.3 is 0 Å². The number of aromatic amines is 1. The number of rotatable bonds is 2. The summed E-state index contributed by atoms with van der Waals surface area (Å²) in [6.45, 7) is 1.11. The molecule has 1 saturated heterocycles. The molecule has 0 saturated carbocycles. The summed E-state index contributed by atoms with van der Waals surface area (Å²) in [5, 5.41) is 3.41. The fourth-order valence-corrected chi connectivity index (χ4v) is 1.79. The van der Waals surface area contributed by atoms with E-state index in [0.717, 1.165) is 6.54 Å². The maximum atomic E-state index is 6.06. The van der Waals surface area contributed by atoms with Crippen LogP contribution in [0.15, 0.2) is 18.5 Å². The molecule has 0 amide bonds. The zero-order valence-corrected chi connectivity index (χ0v) is 7.09. The molecule has 1 fully saturated rings. The van der Waals surface area contributed by atoms with Crippen molar-refractivity contribution in [2.75, 3.05) is 6.54 Å². The van der Waals surface area contributed by atoms with E-state index in [9.17, 15) is 0 Å². The first-order valence-corrected chi connectivity index (χ1v) is 4.49. The van der Waals surface area contributed by atoms with Gasteiger partial charge in [0.2, 0.25) is 0 Å². The van der Waals surface area contributed by atoms with E-state index in [2.05, 4.69) is 10.3 Å². The van der Waals surface area contributed by atoms with Gasteiger partial charge < -0.3 is 16.0 Å². The third kappa shape index (κ3) is 1.38. The summed E-state index contributed by atoms with van der Waals surface area (Å²) in [5.74, 6) is 0. The first-order valence-electron chi connectivity index (χ1n) is 4.49. The predicted molar refractivity (Wildman–Crippen MR) is 48.7 cm³/mol. The lowest BCUT2D eigenvalue weighted by Gasteiger charge is -2.17. The Morgan fingerprint density at radius 2 is 2.50 bits per heavy atom. The molecule has 3 heteroatoms. The SMILES string of the molecule is NC(c1cc[nH]c1)C1CCCN1. The van der Waals surface area contributed by atoms with Crippen LogP contribution in [0.4, 0.5) is 0 Å². The summed E-state index contributed by atoms with van der Waals surface area (Å²) < 4.78 is 0.